The van der Waals surface area contributed by atoms with Crippen LogP contribution in [-0.2, 0) is 13.6 Å². The van der Waals surface area contributed by atoms with Crippen molar-refractivity contribution in [3.8, 4) is 0 Å². The fraction of sp³-hybridized carbons (Fsp3) is 0.154. The highest BCUT2D eigenvalue weighted by Gasteiger charge is 2.05. The smallest absolute Gasteiger partial charge is 0.169 e. The van der Waals surface area contributed by atoms with Gasteiger partial charge >= 0.3 is 0 Å². The molecule has 0 amide bonds. The number of benzene rings is 1. The zero-order chi connectivity index (χ0) is 13.2. The molecule has 96 valence electrons. The first-order valence-corrected chi connectivity index (χ1v) is 5.95. The summed E-state index contributed by atoms with van der Waals surface area (Å²) in [5.41, 5.74) is 8.59. The van der Waals surface area contributed by atoms with Crippen molar-refractivity contribution in [2.45, 2.75) is 6.54 Å². The zero-order valence-electron chi connectivity index (χ0n) is 10.5. The second kappa shape index (κ2) is 4.56. The monoisotopic (exact) mass is 254 g/mol. The van der Waals surface area contributed by atoms with Crippen LogP contribution in [0.15, 0.2) is 36.8 Å². The van der Waals surface area contributed by atoms with Gasteiger partial charge in [-0.25, -0.2) is 4.98 Å². The molecule has 3 N–H and O–H groups in total. The first-order valence-electron chi connectivity index (χ1n) is 5.95. The van der Waals surface area contributed by atoms with Crippen LogP contribution in [0.2, 0.25) is 0 Å². The van der Waals surface area contributed by atoms with Crippen LogP contribution in [0.3, 0.4) is 0 Å². The summed E-state index contributed by atoms with van der Waals surface area (Å²) in [4.78, 5) is 8.43. The number of aryl methyl sites for hydroxylation is 1. The quantitative estimate of drug-likeness (QED) is 0.693. The molecule has 0 bridgehead atoms. The van der Waals surface area contributed by atoms with Gasteiger partial charge in [-0.05, 0) is 24.3 Å². The van der Waals surface area contributed by atoms with Crippen LogP contribution in [0.5, 0.6) is 0 Å². The van der Waals surface area contributed by atoms with E-state index in [0.717, 1.165) is 22.4 Å². The lowest BCUT2D eigenvalue weighted by Crippen LogP contribution is -2.05. The first-order chi connectivity index (χ1) is 9.24. The minimum Gasteiger partial charge on any atom is -0.397 e. The predicted molar refractivity (Wildman–Crippen MR) is 74.5 cm³/mol. The summed E-state index contributed by atoms with van der Waals surface area (Å²) in [7, 11) is 1.84. The van der Waals surface area contributed by atoms with Crippen molar-refractivity contribution in [3.63, 3.8) is 0 Å². The molecule has 2 heterocycles. The van der Waals surface area contributed by atoms with E-state index in [4.69, 9.17) is 5.73 Å². The van der Waals surface area contributed by atoms with Crippen molar-refractivity contribution < 1.29 is 0 Å². The van der Waals surface area contributed by atoms with Crippen LogP contribution in [-0.4, -0.2) is 19.7 Å². The second-order valence-corrected chi connectivity index (χ2v) is 4.28. The lowest BCUT2D eigenvalue weighted by atomic mass is 10.1. The molecule has 1 aromatic carbocycles. The molecule has 6 nitrogen and oxygen atoms in total. The number of fused-ring (bicyclic) bond motifs is 1. The SMILES string of the molecule is Cn1cnc(CNc2ccc3ncccc3c2N)n1. The number of hydrogen-bond donors (Lipinski definition) is 2. The van der Waals surface area contributed by atoms with Crippen LogP contribution in [0.25, 0.3) is 10.9 Å². The van der Waals surface area contributed by atoms with Gasteiger partial charge in [-0.1, -0.05) is 0 Å². The summed E-state index contributed by atoms with van der Waals surface area (Å²) in [6.07, 6.45) is 3.43. The van der Waals surface area contributed by atoms with Crippen LogP contribution < -0.4 is 11.1 Å². The molecule has 3 aromatic rings. The third-order valence-corrected chi connectivity index (χ3v) is 2.91. The molecular weight excluding hydrogens is 240 g/mol. The molecule has 3 rings (SSSR count). The molecule has 0 spiro atoms. The highest BCUT2D eigenvalue weighted by atomic mass is 15.3. The molecular formula is C13H14N6. The number of nitrogens with one attached hydrogen (secondary N) is 1. The number of rotatable bonds is 3. The molecule has 6 heteroatoms. The fourth-order valence-electron chi connectivity index (χ4n) is 1.97. The average Bonchev–Trinajstić information content (AvgIpc) is 2.84. The van der Waals surface area contributed by atoms with E-state index in [0.29, 0.717) is 12.2 Å². The van der Waals surface area contributed by atoms with E-state index in [9.17, 15) is 0 Å². The number of nitrogens with zero attached hydrogens (tertiary/aromatic N) is 4. The molecule has 0 aliphatic rings. The highest BCUT2D eigenvalue weighted by Crippen LogP contribution is 2.27. The van der Waals surface area contributed by atoms with Crippen molar-refractivity contribution in [1.29, 1.82) is 0 Å². The molecule has 0 fully saturated rings. The molecule has 0 radical (unpaired) electrons. The van der Waals surface area contributed by atoms with Crippen LogP contribution >= 0.6 is 0 Å². The van der Waals surface area contributed by atoms with E-state index >= 15 is 0 Å². The van der Waals surface area contributed by atoms with E-state index < -0.39 is 0 Å². The molecule has 0 unspecified atom stereocenters. The van der Waals surface area contributed by atoms with E-state index in [1.165, 1.54) is 0 Å². The van der Waals surface area contributed by atoms with Gasteiger partial charge in [0.1, 0.15) is 6.33 Å². The summed E-state index contributed by atoms with van der Waals surface area (Å²) in [6, 6.07) is 7.71. The summed E-state index contributed by atoms with van der Waals surface area (Å²) in [6.45, 7) is 0.539. The van der Waals surface area contributed by atoms with E-state index in [-0.39, 0.29) is 0 Å². The maximum atomic E-state index is 6.14. The Hall–Kier alpha value is -2.63. The largest absolute Gasteiger partial charge is 0.397 e. The molecule has 2 aromatic heterocycles. The Balaban J connectivity index is 1.87. The molecule has 0 aliphatic heterocycles. The van der Waals surface area contributed by atoms with Crippen molar-refractivity contribution in [2.75, 3.05) is 11.1 Å². The van der Waals surface area contributed by atoms with E-state index in [2.05, 4.69) is 20.4 Å². The van der Waals surface area contributed by atoms with E-state index in [1.54, 1.807) is 17.2 Å². The Morgan fingerprint density at radius 2 is 2.16 bits per heavy atom. The normalized spacial score (nSPS) is 10.8. The fourth-order valence-corrected chi connectivity index (χ4v) is 1.97. The number of aromatic nitrogens is 4. The summed E-state index contributed by atoms with van der Waals surface area (Å²) in [5.74, 6) is 0.730. The third-order valence-electron chi connectivity index (χ3n) is 2.91. The number of pyridine rings is 1. The Morgan fingerprint density at radius 3 is 2.95 bits per heavy atom. The van der Waals surface area contributed by atoms with Crippen LogP contribution in [0.4, 0.5) is 11.4 Å². The average molecular weight is 254 g/mol. The van der Waals surface area contributed by atoms with Crippen molar-refractivity contribution in [3.05, 3.63) is 42.6 Å². The Labute approximate surface area is 110 Å². The van der Waals surface area contributed by atoms with E-state index in [1.807, 2.05) is 31.3 Å². The minimum absolute atomic E-state index is 0.539. The minimum atomic E-state index is 0.539. The van der Waals surface area contributed by atoms with Crippen molar-refractivity contribution in [1.82, 2.24) is 19.7 Å². The maximum absolute atomic E-state index is 6.14. The van der Waals surface area contributed by atoms with Gasteiger partial charge in [0.25, 0.3) is 0 Å². The molecule has 0 saturated carbocycles. The Bertz CT molecular complexity index is 718. The standard InChI is InChI=1S/C13H14N6/c1-19-8-17-12(18-19)7-16-11-5-4-10-9(13(11)14)3-2-6-15-10/h2-6,8,16H,7,14H2,1H3. The molecule has 0 saturated heterocycles. The maximum Gasteiger partial charge on any atom is 0.169 e. The van der Waals surface area contributed by atoms with Gasteiger partial charge in [-0.2, -0.15) is 5.10 Å². The van der Waals surface area contributed by atoms with Gasteiger partial charge in [0.2, 0.25) is 0 Å². The summed E-state index contributed by atoms with van der Waals surface area (Å²) < 4.78 is 1.67. The van der Waals surface area contributed by atoms with Gasteiger partial charge in [-0.3, -0.25) is 9.67 Å². The van der Waals surface area contributed by atoms with Gasteiger partial charge in [0.05, 0.1) is 23.4 Å². The van der Waals surface area contributed by atoms with Gasteiger partial charge < -0.3 is 11.1 Å². The lowest BCUT2D eigenvalue weighted by molar-refractivity contribution is 0.747. The van der Waals surface area contributed by atoms with Crippen LogP contribution in [0, 0.1) is 0 Å². The number of hydrogen-bond acceptors (Lipinski definition) is 5. The number of nitrogens with two attached hydrogens (primary N) is 1. The number of anilines is 2. The van der Waals surface area contributed by atoms with Gasteiger partial charge in [0.15, 0.2) is 5.82 Å². The Morgan fingerprint density at radius 1 is 1.26 bits per heavy atom. The summed E-state index contributed by atoms with van der Waals surface area (Å²) in [5, 5.41) is 8.40. The van der Waals surface area contributed by atoms with Crippen molar-refractivity contribution >= 4 is 22.3 Å². The number of nitrogen functional groups attached to an aromatic ring is 1. The first kappa shape index (κ1) is 11.5. The van der Waals surface area contributed by atoms with Crippen molar-refractivity contribution in [2.24, 2.45) is 7.05 Å². The molecule has 19 heavy (non-hydrogen) atoms. The molecule has 0 atom stereocenters. The third kappa shape index (κ3) is 2.20. The molecule has 0 aliphatic carbocycles. The zero-order valence-corrected chi connectivity index (χ0v) is 10.5. The summed E-state index contributed by atoms with van der Waals surface area (Å²) >= 11 is 0. The van der Waals surface area contributed by atoms with Crippen LogP contribution in [0.1, 0.15) is 5.82 Å². The Kier molecular flexibility index (Phi) is 2.75. The lowest BCUT2D eigenvalue weighted by Gasteiger charge is -2.09. The van der Waals surface area contributed by atoms with Gasteiger partial charge in [-0.15, -0.1) is 0 Å². The second-order valence-electron chi connectivity index (χ2n) is 4.28. The topological polar surface area (TPSA) is 81.7 Å². The highest BCUT2D eigenvalue weighted by molar-refractivity contribution is 5.96. The predicted octanol–water partition coefficient (Wildman–Crippen LogP) is 1.56. The van der Waals surface area contributed by atoms with Gasteiger partial charge in [0, 0.05) is 18.6 Å².